The first-order chi connectivity index (χ1) is 9.17. The first kappa shape index (κ1) is 14.5. The van der Waals surface area contributed by atoms with Gasteiger partial charge in [0.25, 0.3) is 0 Å². The molecule has 0 saturated heterocycles. The van der Waals surface area contributed by atoms with Gasteiger partial charge < -0.3 is 9.84 Å². The number of hydrogen-bond donors (Lipinski definition) is 1. The Balaban J connectivity index is 2.68. The third-order valence-corrected chi connectivity index (χ3v) is 2.26. The van der Waals surface area contributed by atoms with E-state index < -0.39 is 5.97 Å². The van der Waals surface area contributed by atoms with Gasteiger partial charge in [-0.2, -0.15) is 5.26 Å². The first-order valence-electron chi connectivity index (χ1n) is 5.92. The minimum atomic E-state index is -1.23. The van der Waals surface area contributed by atoms with Crippen molar-refractivity contribution in [2.45, 2.75) is 13.3 Å². The van der Waals surface area contributed by atoms with Crippen LogP contribution in [0.2, 0.25) is 0 Å². The lowest BCUT2D eigenvalue weighted by Crippen LogP contribution is -1.96. The van der Waals surface area contributed by atoms with Crippen molar-refractivity contribution in [2.24, 2.45) is 0 Å². The smallest absolute Gasteiger partial charge is 0.346 e. The molecule has 0 spiro atoms. The summed E-state index contributed by atoms with van der Waals surface area (Å²) in [5.74, 6) is -0.423. The van der Waals surface area contributed by atoms with Crippen LogP contribution in [0.4, 0.5) is 0 Å². The number of aliphatic carboxylic acids is 1. The normalized spacial score (nSPS) is 11.3. The molecule has 0 aliphatic heterocycles. The number of nitrogens with zero attached hydrogens (tertiary/aromatic N) is 1. The molecule has 1 rings (SSSR count). The van der Waals surface area contributed by atoms with Gasteiger partial charge in [0.2, 0.25) is 0 Å². The van der Waals surface area contributed by atoms with Gasteiger partial charge in [0.1, 0.15) is 17.4 Å². The van der Waals surface area contributed by atoms with E-state index in [9.17, 15) is 4.79 Å². The van der Waals surface area contributed by atoms with Crippen LogP contribution >= 0.6 is 0 Å². The molecule has 0 bridgehead atoms. The van der Waals surface area contributed by atoms with Crippen molar-refractivity contribution in [1.82, 2.24) is 0 Å². The molecule has 1 aromatic rings. The zero-order valence-electron chi connectivity index (χ0n) is 10.7. The molecular weight excluding hydrogens is 242 g/mol. The summed E-state index contributed by atoms with van der Waals surface area (Å²) >= 11 is 0. The van der Waals surface area contributed by atoms with Crippen molar-refractivity contribution in [3.8, 4) is 11.8 Å². The lowest BCUT2D eigenvalue weighted by Gasteiger charge is -2.03. The van der Waals surface area contributed by atoms with E-state index in [4.69, 9.17) is 15.1 Å². The van der Waals surface area contributed by atoms with Gasteiger partial charge in [-0.15, -0.1) is 0 Å². The lowest BCUT2D eigenvalue weighted by molar-refractivity contribution is -0.132. The molecule has 0 radical (unpaired) electrons. The van der Waals surface area contributed by atoms with Crippen molar-refractivity contribution < 1.29 is 14.6 Å². The molecule has 98 valence electrons. The van der Waals surface area contributed by atoms with Gasteiger partial charge in [-0.25, -0.2) is 4.79 Å². The molecule has 0 saturated carbocycles. The second-order valence-corrected chi connectivity index (χ2v) is 3.77. The number of carbonyl (C=O) groups is 1. The molecule has 0 amide bonds. The fourth-order valence-electron chi connectivity index (χ4n) is 1.31. The SMILES string of the molecule is CCCOc1ccc(/C=C/C=C(\C#N)C(=O)O)cc1. The number of ether oxygens (including phenoxy) is 1. The number of carboxylic acids is 1. The van der Waals surface area contributed by atoms with Crippen LogP contribution in [-0.2, 0) is 4.79 Å². The second-order valence-electron chi connectivity index (χ2n) is 3.77. The van der Waals surface area contributed by atoms with Gasteiger partial charge in [0.05, 0.1) is 6.61 Å². The number of nitriles is 1. The van der Waals surface area contributed by atoms with Crippen molar-refractivity contribution in [3.63, 3.8) is 0 Å². The van der Waals surface area contributed by atoms with E-state index in [-0.39, 0.29) is 5.57 Å². The van der Waals surface area contributed by atoms with Crippen LogP contribution in [-0.4, -0.2) is 17.7 Å². The Bertz CT molecular complexity index is 521. The Morgan fingerprint density at radius 2 is 2.11 bits per heavy atom. The summed E-state index contributed by atoms with van der Waals surface area (Å²) in [6.07, 6.45) is 5.49. The maximum Gasteiger partial charge on any atom is 0.346 e. The van der Waals surface area contributed by atoms with E-state index in [2.05, 4.69) is 0 Å². The number of hydrogen-bond acceptors (Lipinski definition) is 3. The van der Waals surface area contributed by atoms with Gasteiger partial charge in [-0.3, -0.25) is 0 Å². The quantitative estimate of drug-likeness (QED) is 0.483. The Morgan fingerprint density at radius 1 is 1.42 bits per heavy atom. The van der Waals surface area contributed by atoms with E-state index in [0.717, 1.165) is 17.7 Å². The van der Waals surface area contributed by atoms with E-state index in [1.165, 1.54) is 12.2 Å². The summed E-state index contributed by atoms with van der Waals surface area (Å²) < 4.78 is 5.44. The third kappa shape index (κ3) is 5.09. The highest BCUT2D eigenvalue weighted by atomic mass is 16.5. The molecular formula is C15H15NO3. The second kappa shape index (κ2) is 7.72. The fourth-order valence-corrected chi connectivity index (χ4v) is 1.31. The number of carboxylic acid groups (broad SMARTS) is 1. The van der Waals surface area contributed by atoms with Gasteiger partial charge in [0, 0.05) is 0 Å². The first-order valence-corrected chi connectivity index (χ1v) is 5.92. The van der Waals surface area contributed by atoms with Crippen molar-refractivity contribution in [1.29, 1.82) is 5.26 Å². The average Bonchev–Trinajstić information content (AvgIpc) is 2.42. The van der Waals surface area contributed by atoms with E-state index in [1.807, 2.05) is 31.2 Å². The molecule has 4 nitrogen and oxygen atoms in total. The van der Waals surface area contributed by atoms with E-state index in [0.29, 0.717) is 6.61 Å². The molecule has 1 aromatic carbocycles. The predicted molar refractivity (Wildman–Crippen MR) is 72.6 cm³/mol. The maximum atomic E-state index is 10.6. The topological polar surface area (TPSA) is 70.3 Å². The monoisotopic (exact) mass is 257 g/mol. The fraction of sp³-hybridized carbons (Fsp3) is 0.200. The highest BCUT2D eigenvalue weighted by Gasteiger charge is 2.02. The molecule has 0 fully saturated rings. The van der Waals surface area contributed by atoms with E-state index >= 15 is 0 Å². The summed E-state index contributed by atoms with van der Waals surface area (Å²) in [6, 6.07) is 9.03. The largest absolute Gasteiger partial charge is 0.494 e. The minimum Gasteiger partial charge on any atom is -0.494 e. The summed E-state index contributed by atoms with van der Waals surface area (Å²) in [6.45, 7) is 2.72. The standard InChI is InChI=1S/C15H15NO3/c1-2-10-19-14-8-6-12(7-9-14)4-3-5-13(11-16)15(17)18/h3-9H,2,10H2,1H3,(H,17,18)/b4-3+,13-5+. The van der Waals surface area contributed by atoms with Crippen LogP contribution in [0.5, 0.6) is 5.75 Å². The molecule has 19 heavy (non-hydrogen) atoms. The molecule has 0 aliphatic rings. The zero-order valence-corrected chi connectivity index (χ0v) is 10.7. The average molecular weight is 257 g/mol. The van der Waals surface area contributed by atoms with Gasteiger partial charge in [-0.1, -0.05) is 31.2 Å². The van der Waals surface area contributed by atoms with Gasteiger partial charge >= 0.3 is 5.97 Å². The van der Waals surface area contributed by atoms with Crippen molar-refractivity contribution in [2.75, 3.05) is 6.61 Å². The Labute approximate surface area is 112 Å². The van der Waals surface area contributed by atoms with Gasteiger partial charge in [-0.05, 0) is 30.2 Å². The van der Waals surface area contributed by atoms with Gasteiger partial charge in [0.15, 0.2) is 0 Å². The van der Waals surface area contributed by atoms with E-state index in [1.54, 1.807) is 12.1 Å². The molecule has 0 unspecified atom stereocenters. The van der Waals surface area contributed by atoms with Crippen LogP contribution in [0.25, 0.3) is 6.08 Å². The van der Waals surface area contributed by atoms with Crippen molar-refractivity contribution >= 4 is 12.0 Å². The Morgan fingerprint density at radius 3 is 2.63 bits per heavy atom. The van der Waals surface area contributed by atoms with Crippen molar-refractivity contribution in [3.05, 3.63) is 47.6 Å². The Hall–Kier alpha value is -2.54. The predicted octanol–water partition coefficient (Wildman–Crippen LogP) is 3.02. The highest BCUT2D eigenvalue weighted by Crippen LogP contribution is 2.13. The number of allylic oxidation sites excluding steroid dienone is 2. The summed E-state index contributed by atoms with van der Waals surface area (Å²) in [4.78, 5) is 10.6. The van der Waals surface area contributed by atoms with Crippen LogP contribution in [0.3, 0.4) is 0 Å². The Kier molecular flexibility index (Phi) is 5.90. The molecule has 1 N–H and O–H groups in total. The summed E-state index contributed by atoms with van der Waals surface area (Å²) in [7, 11) is 0. The van der Waals surface area contributed by atoms with Crippen LogP contribution in [0, 0.1) is 11.3 Å². The summed E-state index contributed by atoms with van der Waals surface area (Å²) in [5.41, 5.74) is 0.613. The maximum absolute atomic E-state index is 10.6. The van der Waals surface area contributed by atoms with Crippen LogP contribution in [0.1, 0.15) is 18.9 Å². The number of rotatable bonds is 6. The third-order valence-electron chi connectivity index (χ3n) is 2.26. The minimum absolute atomic E-state index is 0.292. The summed E-state index contributed by atoms with van der Waals surface area (Å²) in [5, 5.41) is 17.2. The lowest BCUT2D eigenvalue weighted by atomic mass is 10.2. The highest BCUT2D eigenvalue weighted by molar-refractivity contribution is 5.91. The molecule has 0 heterocycles. The molecule has 0 aromatic heterocycles. The molecule has 0 aliphatic carbocycles. The van der Waals surface area contributed by atoms with Crippen LogP contribution < -0.4 is 4.74 Å². The molecule has 0 atom stereocenters. The molecule has 4 heteroatoms. The number of benzene rings is 1. The zero-order chi connectivity index (χ0) is 14.1. The van der Waals surface area contributed by atoms with Crippen LogP contribution in [0.15, 0.2) is 42.0 Å².